The van der Waals surface area contributed by atoms with Gasteiger partial charge in [0, 0.05) is 38.1 Å². The number of aliphatic hydroxyl groups excluding tert-OH is 1. The van der Waals surface area contributed by atoms with Crippen LogP contribution in [0, 0.1) is 5.92 Å². The van der Waals surface area contributed by atoms with E-state index in [0.717, 1.165) is 19.3 Å². The lowest BCUT2D eigenvalue weighted by Gasteiger charge is -2.32. The van der Waals surface area contributed by atoms with Gasteiger partial charge in [0.1, 0.15) is 0 Å². The Hall–Kier alpha value is -0.810. The van der Waals surface area contributed by atoms with Crippen LogP contribution in [0.1, 0.15) is 45.4 Å². The van der Waals surface area contributed by atoms with Gasteiger partial charge in [-0.15, -0.1) is 0 Å². The van der Waals surface area contributed by atoms with Gasteiger partial charge in [0.2, 0.25) is 0 Å². The first-order chi connectivity index (χ1) is 9.99. The molecule has 2 aliphatic carbocycles. The first-order valence-electron chi connectivity index (χ1n) is 8.38. The van der Waals surface area contributed by atoms with E-state index in [0.29, 0.717) is 25.2 Å². The van der Waals surface area contributed by atoms with Gasteiger partial charge in [-0.05, 0) is 39.7 Å². The molecule has 0 aromatic heterocycles. The van der Waals surface area contributed by atoms with Crippen molar-refractivity contribution in [1.29, 1.82) is 0 Å². The van der Waals surface area contributed by atoms with E-state index in [1.54, 1.807) is 4.90 Å². The molecule has 2 N–H and O–H groups in total. The highest BCUT2D eigenvalue weighted by atomic mass is 16.3. The van der Waals surface area contributed by atoms with E-state index in [9.17, 15) is 9.90 Å². The molecule has 2 rings (SSSR count). The quantitative estimate of drug-likeness (QED) is 0.784. The second kappa shape index (κ2) is 7.45. The lowest BCUT2D eigenvalue weighted by molar-refractivity contribution is 0.0563. The van der Waals surface area contributed by atoms with E-state index in [1.807, 2.05) is 7.05 Å². The van der Waals surface area contributed by atoms with Crippen LogP contribution in [0.25, 0.3) is 0 Å². The number of nitrogens with one attached hydrogen (secondary N) is 1. The second-order valence-corrected chi connectivity index (χ2v) is 6.92. The van der Waals surface area contributed by atoms with Gasteiger partial charge in [0.05, 0.1) is 6.10 Å². The van der Waals surface area contributed by atoms with E-state index in [-0.39, 0.29) is 18.1 Å². The highest BCUT2D eigenvalue weighted by Gasteiger charge is 2.29. The zero-order chi connectivity index (χ0) is 15.4. The first kappa shape index (κ1) is 16.6. The maximum absolute atomic E-state index is 12.2. The molecule has 0 heterocycles. The van der Waals surface area contributed by atoms with Gasteiger partial charge in [0.15, 0.2) is 0 Å². The number of hydrogen-bond acceptors (Lipinski definition) is 3. The Balaban J connectivity index is 1.69. The van der Waals surface area contributed by atoms with E-state index in [1.165, 1.54) is 19.3 Å². The van der Waals surface area contributed by atoms with Crippen molar-refractivity contribution in [2.24, 2.45) is 5.92 Å². The molecule has 5 nitrogen and oxygen atoms in total. The van der Waals surface area contributed by atoms with Crippen LogP contribution >= 0.6 is 0 Å². The van der Waals surface area contributed by atoms with Crippen LogP contribution < -0.4 is 5.32 Å². The Morgan fingerprint density at radius 2 is 1.90 bits per heavy atom. The molecule has 2 amide bonds. The predicted octanol–water partition coefficient (Wildman–Crippen LogP) is 1.66. The van der Waals surface area contributed by atoms with Crippen LogP contribution in [0.15, 0.2) is 0 Å². The molecule has 3 unspecified atom stereocenters. The summed E-state index contributed by atoms with van der Waals surface area (Å²) in [6.07, 6.45) is 6.51. The molecule has 0 aromatic rings. The molecule has 5 heteroatoms. The zero-order valence-corrected chi connectivity index (χ0v) is 13.7. The normalized spacial score (nSPS) is 27.5. The van der Waals surface area contributed by atoms with Crippen LogP contribution in [-0.2, 0) is 0 Å². The SMILES string of the molecule is CC(CNC(=O)N(C)CC1CCCCC1O)N(C)C1CC1. The van der Waals surface area contributed by atoms with Crippen LogP contribution in [0.3, 0.4) is 0 Å². The molecular formula is C16H31N3O2. The summed E-state index contributed by atoms with van der Waals surface area (Å²) in [6, 6.07) is 1.06. The van der Waals surface area contributed by atoms with Crippen molar-refractivity contribution in [2.75, 3.05) is 27.2 Å². The minimum absolute atomic E-state index is 0.0242. The molecule has 0 saturated heterocycles. The summed E-state index contributed by atoms with van der Waals surface area (Å²) in [4.78, 5) is 16.2. The third-order valence-electron chi connectivity index (χ3n) is 5.09. The number of urea groups is 1. The molecule has 0 aromatic carbocycles. The minimum Gasteiger partial charge on any atom is -0.393 e. The molecule has 3 atom stereocenters. The van der Waals surface area contributed by atoms with Gasteiger partial charge in [-0.3, -0.25) is 4.90 Å². The number of nitrogens with zero attached hydrogens (tertiary/aromatic N) is 2. The standard InChI is InChI=1S/C16H31N3O2/c1-12(19(3)14-8-9-14)10-17-16(21)18(2)11-13-6-4-5-7-15(13)20/h12-15,20H,4-11H2,1-3H3,(H,17,21). The van der Waals surface area contributed by atoms with Crippen molar-refractivity contribution >= 4 is 6.03 Å². The van der Waals surface area contributed by atoms with Crippen molar-refractivity contribution in [2.45, 2.75) is 63.6 Å². The molecule has 122 valence electrons. The zero-order valence-electron chi connectivity index (χ0n) is 13.7. The average Bonchev–Trinajstić information content (AvgIpc) is 3.30. The lowest BCUT2D eigenvalue weighted by atomic mass is 9.86. The number of amides is 2. The van der Waals surface area contributed by atoms with Gasteiger partial charge >= 0.3 is 6.03 Å². The van der Waals surface area contributed by atoms with Gasteiger partial charge in [-0.1, -0.05) is 12.8 Å². The molecule has 2 fully saturated rings. The van der Waals surface area contributed by atoms with Gasteiger partial charge in [-0.25, -0.2) is 4.79 Å². The topological polar surface area (TPSA) is 55.8 Å². The van der Waals surface area contributed by atoms with Gasteiger partial charge in [-0.2, -0.15) is 0 Å². The van der Waals surface area contributed by atoms with Crippen LogP contribution in [0.4, 0.5) is 4.79 Å². The minimum atomic E-state index is -0.242. The highest BCUT2D eigenvalue weighted by Crippen LogP contribution is 2.27. The third-order valence-corrected chi connectivity index (χ3v) is 5.09. The number of hydrogen-bond donors (Lipinski definition) is 2. The van der Waals surface area contributed by atoms with Crippen LogP contribution in [0.5, 0.6) is 0 Å². The molecule has 0 aliphatic heterocycles. The van der Waals surface area contributed by atoms with Crippen molar-refractivity contribution < 1.29 is 9.90 Å². The Labute approximate surface area is 128 Å². The number of carbonyl (C=O) groups excluding carboxylic acids is 1. The summed E-state index contributed by atoms with van der Waals surface area (Å²) in [6.45, 7) is 3.49. The van der Waals surface area contributed by atoms with E-state index >= 15 is 0 Å². The summed E-state index contributed by atoms with van der Waals surface area (Å²) < 4.78 is 0. The van der Waals surface area contributed by atoms with Crippen molar-refractivity contribution in [3.63, 3.8) is 0 Å². The molecule has 21 heavy (non-hydrogen) atoms. The number of likely N-dealkylation sites (N-methyl/N-ethyl adjacent to an activating group) is 1. The fraction of sp³-hybridized carbons (Fsp3) is 0.938. The maximum atomic E-state index is 12.2. The second-order valence-electron chi connectivity index (χ2n) is 6.92. The smallest absolute Gasteiger partial charge is 0.317 e. The van der Waals surface area contributed by atoms with Gasteiger partial charge < -0.3 is 15.3 Å². The summed E-state index contributed by atoms with van der Waals surface area (Å²) in [5.41, 5.74) is 0. The van der Waals surface area contributed by atoms with Crippen molar-refractivity contribution in [1.82, 2.24) is 15.1 Å². The largest absolute Gasteiger partial charge is 0.393 e. The molecule has 0 radical (unpaired) electrons. The fourth-order valence-electron chi connectivity index (χ4n) is 3.19. The van der Waals surface area contributed by atoms with Crippen LogP contribution in [-0.4, -0.2) is 66.3 Å². The maximum Gasteiger partial charge on any atom is 0.317 e. The number of rotatable bonds is 6. The van der Waals surface area contributed by atoms with Gasteiger partial charge in [0.25, 0.3) is 0 Å². The van der Waals surface area contributed by atoms with E-state index in [2.05, 4.69) is 24.2 Å². The van der Waals surface area contributed by atoms with Crippen molar-refractivity contribution in [3.8, 4) is 0 Å². The van der Waals surface area contributed by atoms with Crippen LogP contribution in [0.2, 0.25) is 0 Å². The summed E-state index contributed by atoms with van der Waals surface area (Å²) in [5.74, 6) is 0.237. The Morgan fingerprint density at radius 3 is 2.52 bits per heavy atom. The number of aliphatic hydroxyl groups is 1. The Kier molecular flexibility index (Phi) is 5.88. The fourth-order valence-corrected chi connectivity index (χ4v) is 3.19. The molecule has 2 saturated carbocycles. The summed E-state index contributed by atoms with van der Waals surface area (Å²) >= 11 is 0. The highest BCUT2D eigenvalue weighted by molar-refractivity contribution is 5.73. The molecule has 0 bridgehead atoms. The summed E-state index contributed by atoms with van der Waals surface area (Å²) in [5, 5.41) is 13.0. The molecular weight excluding hydrogens is 266 g/mol. The Morgan fingerprint density at radius 1 is 1.24 bits per heavy atom. The summed E-state index contributed by atoms with van der Waals surface area (Å²) in [7, 11) is 3.96. The third kappa shape index (κ3) is 4.85. The monoisotopic (exact) mass is 297 g/mol. The lowest BCUT2D eigenvalue weighted by Crippen LogP contribution is -2.47. The van der Waals surface area contributed by atoms with E-state index < -0.39 is 0 Å². The number of carbonyl (C=O) groups is 1. The molecule has 2 aliphatic rings. The molecule has 0 spiro atoms. The average molecular weight is 297 g/mol. The van der Waals surface area contributed by atoms with E-state index in [4.69, 9.17) is 0 Å². The first-order valence-corrected chi connectivity index (χ1v) is 8.38. The Bertz CT molecular complexity index is 346. The van der Waals surface area contributed by atoms with Crippen molar-refractivity contribution in [3.05, 3.63) is 0 Å². The predicted molar refractivity (Wildman–Crippen MR) is 84.2 cm³/mol.